The van der Waals surface area contributed by atoms with E-state index in [0.717, 1.165) is 14.7 Å². The molecule has 0 spiro atoms. The van der Waals surface area contributed by atoms with Crippen molar-refractivity contribution in [2.24, 2.45) is 0 Å². The normalized spacial score (nSPS) is 14.2. The molecule has 0 aliphatic heterocycles. The largest absolute Gasteiger partial charge is 0.497 e. The standard InChI is InChI=1S/C21H16Br2O/c1-21(13-3-7-16(24-2)8-4-13)19-11-14(22)5-9-17(19)18-10-6-15(23)12-20(18)21/h3-12H,1-2H3. The van der Waals surface area contributed by atoms with E-state index in [1.807, 2.05) is 12.1 Å². The molecule has 0 saturated carbocycles. The van der Waals surface area contributed by atoms with Gasteiger partial charge in [0.1, 0.15) is 5.75 Å². The van der Waals surface area contributed by atoms with Gasteiger partial charge in [-0.3, -0.25) is 0 Å². The molecule has 3 heteroatoms. The Morgan fingerprint density at radius 2 is 1.25 bits per heavy atom. The number of rotatable bonds is 2. The highest BCUT2D eigenvalue weighted by Crippen LogP contribution is 2.53. The molecule has 24 heavy (non-hydrogen) atoms. The molecule has 0 atom stereocenters. The number of methoxy groups -OCH3 is 1. The van der Waals surface area contributed by atoms with E-state index in [1.54, 1.807) is 7.11 Å². The Morgan fingerprint density at radius 1 is 0.750 bits per heavy atom. The Bertz CT molecular complexity index is 878. The summed E-state index contributed by atoms with van der Waals surface area (Å²) in [5, 5.41) is 0. The van der Waals surface area contributed by atoms with Crippen LogP contribution < -0.4 is 4.74 Å². The van der Waals surface area contributed by atoms with E-state index >= 15 is 0 Å². The van der Waals surface area contributed by atoms with Crippen LogP contribution in [0.5, 0.6) is 5.75 Å². The van der Waals surface area contributed by atoms with Crippen molar-refractivity contribution < 1.29 is 4.74 Å². The average molecular weight is 444 g/mol. The number of hydrogen-bond donors (Lipinski definition) is 0. The molecule has 0 fully saturated rings. The van der Waals surface area contributed by atoms with Crippen LogP contribution in [0.15, 0.2) is 69.6 Å². The van der Waals surface area contributed by atoms with Crippen molar-refractivity contribution in [3.05, 3.63) is 86.3 Å². The van der Waals surface area contributed by atoms with E-state index in [0.29, 0.717) is 0 Å². The smallest absolute Gasteiger partial charge is 0.118 e. The van der Waals surface area contributed by atoms with Crippen LogP contribution in [-0.4, -0.2) is 7.11 Å². The van der Waals surface area contributed by atoms with E-state index < -0.39 is 0 Å². The molecule has 0 unspecified atom stereocenters. The van der Waals surface area contributed by atoms with Crippen molar-refractivity contribution in [3.63, 3.8) is 0 Å². The first-order valence-corrected chi connectivity index (χ1v) is 9.37. The molecule has 4 rings (SSSR count). The fourth-order valence-electron chi connectivity index (χ4n) is 3.71. The summed E-state index contributed by atoms with van der Waals surface area (Å²) in [6.45, 7) is 2.30. The maximum absolute atomic E-state index is 5.33. The second-order valence-electron chi connectivity index (χ2n) is 6.23. The van der Waals surface area contributed by atoms with Crippen LogP contribution in [0.2, 0.25) is 0 Å². The molecule has 0 saturated heterocycles. The van der Waals surface area contributed by atoms with Crippen LogP contribution in [0.3, 0.4) is 0 Å². The van der Waals surface area contributed by atoms with E-state index in [1.165, 1.54) is 27.8 Å². The van der Waals surface area contributed by atoms with E-state index in [9.17, 15) is 0 Å². The number of halogens is 2. The summed E-state index contributed by atoms with van der Waals surface area (Å²) < 4.78 is 7.54. The summed E-state index contributed by atoms with van der Waals surface area (Å²) in [4.78, 5) is 0. The van der Waals surface area contributed by atoms with Gasteiger partial charge in [0.05, 0.1) is 7.11 Å². The van der Waals surface area contributed by atoms with Crippen molar-refractivity contribution in [1.29, 1.82) is 0 Å². The molecule has 1 aliphatic rings. The number of benzene rings is 3. The van der Waals surface area contributed by atoms with Crippen molar-refractivity contribution in [2.75, 3.05) is 7.11 Å². The zero-order valence-corrected chi connectivity index (χ0v) is 16.6. The van der Waals surface area contributed by atoms with E-state index in [2.05, 4.69) is 87.3 Å². The Hall–Kier alpha value is -1.58. The van der Waals surface area contributed by atoms with Gasteiger partial charge in [0.2, 0.25) is 0 Å². The number of fused-ring (bicyclic) bond motifs is 3. The summed E-state index contributed by atoms with van der Waals surface area (Å²) in [7, 11) is 1.70. The molecule has 3 aromatic rings. The third-order valence-electron chi connectivity index (χ3n) is 5.00. The number of hydrogen-bond acceptors (Lipinski definition) is 1. The van der Waals surface area contributed by atoms with Gasteiger partial charge in [-0.1, -0.05) is 56.1 Å². The zero-order valence-electron chi connectivity index (χ0n) is 13.4. The monoisotopic (exact) mass is 442 g/mol. The van der Waals surface area contributed by atoms with E-state index in [4.69, 9.17) is 4.74 Å². The lowest BCUT2D eigenvalue weighted by Gasteiger charge is -2.28. The molecule has 0 N–H and O–H groups in total. The molecule has 1 nitrogen and oxygen atoms in total. The van der Waals surface area contributed by atoms with Crippen LogP contribution >= 0.6 is 31.9 Å². The SMILES string of the molecule is COc1ccc(C2(C)c3cc(Br)ccc3-c3ccc(Br)cc32)cc1. The van der Waals surface area contributed by atoms with Gasteiger partial charge in [-0.2, -0.15) is 0 Å². The van der Waals surface area contributed by atoms with Crippen LogP contribution in [0.4, 0.5) is 0 Å². The third-order valence-corrected chi connectivity index (χ3v) is 5.98. The first kappa shape index (κ1) is 15.9. The highest BCUT2D eigenvalue weighted by molar-refractivity contribution is 9.10. The number of ether oxygens (including phenoxy) is 1. The Balaban J connectivity index is 2.03. The second kappa shape index (κ2) is 5.75. The fraction of sp³-hybridized carbons (Fsp3) is 0.143. The van der Waals surface area contributed by atoms with E-state index in [-0.39, 0.29) is 5.41 Å². The molecule has 0 aromatic heterocycles. The molecule has 1 aliphatic carbocycles. The molecule has 0 amide bonds. The molecule has 3 aromatic carbocycles. The summed E-state index contributed by atoms with van der Waals surface area (Å²) >= 11 is 7.28. The van der Waals surface area contributed by atoms with Gasteiger partial charge < -0.3 is 4.74 Å². The maximum atomic E-state index is 5.33. The quantitative estimate of drug-likeness (QED) is 0.436. The van der Waals surface area contributed by atoms with Gasteiger partial charge in [-0.25, -0.2) is 0 Å². The average Bonchev–Trinajstić information content (AvgIpc) is 2.84. The minimum Gasteiger partial charge on any atom is -0.497 e. The van der Waals surface area contributed by atoms with Crippen molar-refractivity contribution in [1.82, 2.24) is 0 Å². The minimum atomic E-state index is -0.190. The first-order chi connectivity index (χ1) is 11.5. The molecule has 120 valence electrons. The zero-order chi connectivity index (χ0) is 16.9. The highest BCUT2D eigenvalue weighted by Gasteiger charge is 2.40. The lowest BCUT2D eigenvalue weighted by molar-refractivity contribution is 0.414. The molecule has 0 bridgehead atoms. The molecule has 0 heterocycles. The molecular weight excluding hydrogens is 428 g/mol. The predicted octanol–water partition coefficient (Wildman–Crippen LogP) is 6.55. The predicted molar refractivity (Wildman–Crippen MR) is 106 cm³/mol. The molecule has 0 radical (unpaired) electrons. The summed E-state index contributed by atoms with van der Waals surface area (Å²) in [6.07, 6.45) is 0. The highest BCUT2D eigenvalue weighted by atomic mass is 79.9. The van der Waals surface area contributed by atoms with Gasteiger partial charge in [-0.05, 0) is 71.1 Å². The third kappa shape index (κ3) is 2.26. The molecular formula is C21H16Br2O. The Morgan fingerprint density at radius 3 is 1.71 bits per heavy atom. The van der Waals surface area contributed by atoms with Crippen molar-refractivity contribution in [2.45, 2.75) is 12.3 Å². The van der Waals surface area contributed by atoms with Crippen molar-refractivity contribution >= 4 is 31.9 Å². The summed E-state index contributed by atoms with van der Waals surface area (Å²) in [5.74, 6) is 0.879. The summed E-state index contributed by atoms with van der Waals surface area (Å²) in [6, 6.07) is 21.5. The first-order valence-electron chi connectivity index (χ1n) is 7.79. The van der Waals surface area contributed by atoms with Crippen LogP contribution in [0.25, 0.3) is 11.1 Å². The van der Waals surface area contributed by atoms with Gasteiger partial charge in [0, 0.05) is 14.4 Å². The van der Waals surface area contributed by atoms with Crippen LogP contribution in [0.1, 0.15) is 23.6 Å². The van der Waals surface area contributed by atoms with Gasteiger partial charge in [0.25, 0.3) is 0 Å². The maximum Gasteiger partial charge on any atom is 0.118 e. The van der Waals surface area contributed by atoms with Gasteiger partial charge >= 0.3 is 0 Å². The Kier molecular flexibility index (Phi) is 3.81. The van der Waals surface area contributed by atoms with Crippen LogP contribution in [0, 0.1) is 0 Å². The van der Waals surface area contributed by atoms with Gasteiger partial charge in [0.15, 0.2) is 0 Å². The van der Waals surface area contributed by atoms with Crippen molar-refractivity contribution in [3.8, 4) is 16.9 Å². The summed E-state index contributed by atoms with van der Waals surface area (Å²) in [5.41, 5.74) is 6.34. The lowest BCUT2D eigenvalue weighted by Crippen LogP contribution is -2.22. The fourth-order valence-corrected chi connectivity index (χ4v) is 4.43. The van der Waals surface area contributed by atoms with Crippen LogP contribution in [-0.2, 0) is 5.41 Å². The topological polar surface area (TPSA) is 9.23 Å². The Labute approximate surface area is 158 Å². The second-order valence-corrected chi connectivity index (χ2v) is 8.06. The lowest BCUT2D eigenvalue weighted by atomic mass is 9.74. The minimum absolute atomic E-state index is 0.190. The van der Waals surface area contributed by atoms with Gasteiger partial charge in [-0.15, -0.1) is 0 Å².